The van der Waals surface area contributed by atoms with Gasteiger partial charge in [0, 0.05) is 10.5 Å². The standard InChI is InChI=1S/C11H8F3NO3S/c1-18-10(17)8-3-7(19-11(12,13)14)2-6(4-15)9(8)5-16/h2-3,16H,5H2,1H3. The smallest absolute Gasteiger partial charge is 0.446 e. The van der Waals surface area contributed by atoms with Crippen molar-refractivity contribution in [1.29, 1.82) is 5.26 Å². The Hall–Kier alpha value is -1.72. The molecule has 1 aromatic carbocycles. The van der Waals surface area contributed by atoms with Gasteiger partial charge in [0.25, 0.3) is 0 Å². The number of esters is 1. The van der Waals surface area contributed by atoms with E-state index in [4.69, 9.17) is 10.4 Å². The van der Waals surface area contributed by atoms with E-state index in [1.807, 2.05) is 0 Å². The van der Waals surface area contributed by atoms with E-state index < -0.39 is 29.8 Å². The van der Waals surface area contributed by atoms with Gasteiger partial charge in [-0.15, -0.1) is 0 Å². The number of halogens is 3. The largest absolute Gasteiger partial charge is 0.465 e. The molecule has 1 rings (SSSR count). The number of aliphatic hydroxyl groups excluding tert-OH is 1. The highest BCUT2D eigenvalue weighted by Crippen LogP contribution is 2.38. The normalized spacial score (nSPS) is 10.9. The Morgan fingerprint density at radius 1 is 1.53 bits per heavy atom. The van der Waals surface area contributed by atoms with Gasteiger partial charge in [-0.2, -0.15) is 18.4 Å². The summed E-state index contributed by atoms with van der Waals surface area (Å²) in [6.45, 7) is -0.649. The number of nitrogens with zero attached hydrogens (tertiary/aromatic N) is 1. The second kappa shape index (κ2) is 5.95. The number of hydrogen-bond donors (Lipinski definition) is 1. The number of aliphatic hydroxyl groups is 1. The van der Waals surface area contributed by atoms with Gasteiger partial charge < -0.3 is 9.84 Å². The van der Waals surface area contributed by atoms with Crippen LogP contribution in [-0.4, -0.2) is 23.7 Å². The maximum atomic E-state index is 12.3. The van der Waals surface area contributed by atoms with Gasteiger partial charge in [0.05, 0.1) is 30.9 Å². The van der Waals surface area contributed by atoms with Crippen LogP contribution in [0.1, 0.15) is 21.5 Å². The fraction of sp³-hybridized carbons (Fsp3) is 0.273. The van der Waals surface area contributed by atoms with Crippen LogP contribution in [0.25, 0.3) is 0 Å². The molecule has 0 saturated heterocycles. The number of thioether (sulfide) groups is 1. The number of alkyl halides is 3. The summed E-state index contributed by atoms with van der Waals surface area (Å²) in [7, 11) is 1.05. The highest BCUT2D eigenvalue weighted by molar-refractivity contribution is 8.00. The van der Waals surface area contributed by atoms with Crippen molar-refractivity contribution in [2.75, 3.05) is 7.11 Å². The van der Waals surface area contributed by atoms with E-state index in [2.05, 4.69) is 4.74 Å². The monoisotopic (exact) mass is 291 g/mol. The minimum atomic E-state index is -4.54. The summed E-state index contributed by atoms with van der Waals surface area (Å²) in [5, 5.41) is 18.0. The molecule has 102 valence electrons. The quantitative estimate of drug-likeness (QED) is 0.684. The Kier molecular flexibility index (Phi) is 4.80. The lowest BCUT2D eigenvalue weighted by molar-refractivity contribution is -0.0328. The number of methoxy groups -OCH3 is 1. The molecule has 19 heavy (non-hydrogen) atoms. The van der Waals surface area contributed by atoms with E-state index in [1.165, 1.54) is 0 Å². The molecule has 8 heteroatoms. The van der Waals surface area contributed by atoms with E-state index in [0.717, 1.165) is 19.2 Å². The van der Waals surface area contributed by atoms with Crippen LogP contribution in [0.15, 0.2) is 17.0 Å². The summed E-state index contributed by atoms with van der Waals surface area (Å²) >= 11 is -0.449. The molecule has 0 fully saturated rings. The molecule has 0 heterocycles. The topological polar surface area (TPSA) is 70.3 Å². The molecule has 0 aliphatic rings. The first-order valence-electron chi connectivity index (χ1n) is 4.84. The van der Waals surface area contributed by atoms with E-state index in [9.17, 15) is 18.0 Å². The highest BCUT2D eigenvalue weighted by atomic mass is 32.2. The summed E-state index contributed by atoms with van der Waals surface area (Å²) in [6, 6.07) is 3.55. The number of hydrogen-bond acceptors (Lipinski definition) is 5. The molecular weight excluding hydrogens is 283 g/mol. The third-order valence-corrected chi connectivity index (χ3v) is 2.84. The van der Waals surface area contributed by atoms with Crippen molar-refractivity contribution in [1.82, 2.24) is 0 Å². The average molecular weight is 291 g/mol. The maximum Gasteiger partial charge on any atom is 0.446 e. The Bertz CT molecular complexity index is 537. The molecule has 1 aromatic rings. The van der Waals surface area contributed by atoms with Crippen molar-refractivity contribution in [2.45, 2.75) is 17.0 Å². The maximum absolute atomic E-state index is 12.3. The van der Waals surface area contributed by atoms with Crippen molar-refractivity contribution in [3.63, 3.8) is 0 Å². The molecule has 0 saturated carbocycles. The number of benzene rings is 1. The average Bonchev–Trinajstić information content (AvgIpc) is 2.34. The van der Waals surface area contributed by atoms with Crippen LogP contribution in [0.2, 0.25) is 0 Å². The molecule has 1 N–H and O–H groups in total. The minimum absolute atomic E-state index is 0.0547. The Labute approximate surface area is 110 Å². The minimum Gasteiger partial charge on any atom is -0.465 e. The van der Waals surface area contributed by atoms with Crippen molar-refractivity contribution >= 4 is 17.7 Å². The van der Waals surface area contributed by atoms with Crippen LogP contribution >= 0.6 is 11.8 Å². The molecule has 0 aliphatic heterocycles. The molecule has 0 unspecified atom stereocenters. The van der Waals surface area contributed by atoms with Gasteiger partial charge in [-0.25, -0.2) is 4.79 Å². The van der Waals surface area contributed by atoms with Crippen molar-refractivity contribution < 1.29 is 27.8 Å². The first-order chi connectivity index (χ1) is 8.82. The van der Waals surface area contributed by atoms with Crippen LogP contribution in [-0.2, 0) is 11.3 Å². The predicted octanol–water partition coefficient (Wildman–Crippen LogP) is 2.45. The first-order valence-corrected chi connectivity index (χ1v) is 5.66. The SMILES string of the molecule is COC(=O)c1cc(SC(F)(F)F)cc(C#N)c1CO. The van der Waals surface area contributed by atoms with Crippen LogP contribution in [0.3, 0.4) is 0 Å². The van der Waals surface area contributed by atoms with Crippen molar-refractivity contribution in [3.8, 4) is 6.07 Å². The van der Waals surface area contributed by atoms with E-state index >= 15 is 0 Å². The highest BCUT2D eigenvalue weighted by Gasteiger charge is 2.30. The molecule has 0 radical (unpaired) electrons. The van der Waals surface area contributed by atoms with Crippen LogP contribution in [0.4, 0.5) is 13.2 Å². The number of carbonyl (C=O) groups excluding carboxylic acids is 1. The van der Waals surface area contributed by atoms with Gasteiger partial charge in [0.1, 0.15) is 0 Å². The van der Waals surface area contributed by atoms with Gasteiger partial charge in [-0.1, -0.05) is 0 Å². The summed E-state index contributed by atoms with van der Waals surface area (Å²) in [5.74, 6) is -0.912. The fourth-order valence-corrected chi connectivity index (χ4v) is 2.02. The molecule has 0 spiro atoms. The molecule has 0 amide bonds. The zero-order valence-corrected chi connectivity index (χ0v) is 10.4. The van der Waals surface area contributed by atoms with E-state index in [1.54, 1.807) is 6.07 Å². The second-order valence-corrected chi connectivity index (χ2v) is 4.44. The van der Waals surface area contributed by atoms with E-state index in [-0.39, 0.29) is 21.6 Å². The summed E-state index contributed by atoms with van der Waals surface area (Å²) in [6.07, 6.45) is 0. The van der Waals surface area contributed by atoms with Gasteiger partial charge in [0.2, 0.25) is 0 Å². The molecular formula is C11H8F3NO3S. The predicted molar refractivity (Wildman–Crippen MR) is 60.3 cm³/mol. The third-order valence-electron chi connectivity index (χ3n) is 2.14. The zero-order chi connectivity index (χ0) is 14.6. The number of rotatable bonds is 3. The van der Waals surface area contributed by atoms with Crippen molar-refractivity contribution in [3.05, 3.63) is 28.8 Å². The second-order valence-electron chi connectivity index (χ2n) is 3.31. The van der Waals surface area contributed by atoms with Crippen molar-refractivity contribution in [2.24, 2.45) is 0 Å². The number of carbonyl (C=O) groups is 1. The lowest BCUT2D eigenvalue weighted by Gasteiger charge is -2.11. The fourth-order valence-electron chi connectivity index (χ4n) is 1.40. The Balaban J connectivity index is 3.39. The number of ether oxygens (including phenoxy) is 1. The summed E-state index contributed by atoms with van der Waals surface area (Å²) < 4.78 is 41.3. The molecule has 0 bridgehead atoms. The van der Waals surface area contributed by atoms with Gasteiger partial charge >= 0.3 is 11.5 Å². The lowest BCUT2D eigenvalue weighted by atomic mass is 10.0. The van der Waals surface area contributed by atoms with Gasteiger partial charge in [0.15, 0.2) is 0 Å². The van der Waals surface area contributed by atoms with Gasteiger partial charge in [-0.05, 0) is 23.9 Å². The van der Waals surface area contributed by atoms with Crippen LogP contribution in [0.5, 0.6) is 0 Å². The Morgan fingerprint density at radius 3 is 2.58 bits per heavy atom. The summed E-state index contributed by atoms with van der Waals surface area (Å²) in [4.78, 5) is 11.1. The lowest BCUT2D eigenvalue weighted by Crippen LogP contribution is -2.09. The molecule has 0 aliphatic carbocycles. The first kappa shape index (κ1) is 15.3. The van der Waals surface area contributed by atoms with Crippen LogP contribution < -0.4 is 0 Å². The Morgan fingerprint density at radius 2 is 2.16 bits per heavy atom. The molecule has 0 atom stereocenters. The third kappa shape index (κ3) is 3.87. The zero-order valence-electron chi connectivity index (χ0n) is 9.61. The molecule has 0 aromatic heterocycles. The van der Waals surface area contributed by atoms with E-state index in [0.29, 0.717) is 0 Å². The van der Waals surface area contributed by atoms with Gasteiger partial charge in [-0.3, -0.25) is 0 Å². The summed E-state index contributed by atoms with van der Waals surface area (Å²) in [5.41, 5.74) is -5.05. The van der Waals surface area contributed by atoms with Crippen LogP contribution in [0, 0.1) is 11.3 Å². The number of nitriles is 1. The molecule has 4 nitrogen and oxygen atoms in total.